The van der Waals surface area contributed by atoms with Crippen LogP contribution in [0.5, 0.6) is 17.2 Å². The number of aromatic hydroxyl groups is 1. The number of rotatable bonds is 6. The number of carbonyl (C=O) groups excluding carboxylic acids is 1. The average Bonchev–Trinajstić information content (AvgIpc) is 2.53. The number of ether oxygens (including phenoxy) is 2. The van der Waals surface area contributed by atoms with Crippen molar-refractivity contribution >= 4 is 57.0 Å². The van der Waals surface area contributed by atoms with Gasteiger partial charge in [-0.1, -0.05) is 39.1 Å². The van der Waals surface area contributed by atoms with Gasteiger partial charge in [-0.15, -0.1) is 0 Å². The number of methoxy groups -OCH3 is 1. The number of benzene rings is 2. The van der Waals surface area contributed by atoms with Gasteiger partial charge in [0.2, 0.25) is 0 Å². The fourth-order valence-electron chi connectivity index (χ4n) is 1.63. The van der Waals surface area contributed by atoms with Crippen molar-refractivity contribution in [3.05, 3.63) is 44.8 Å². The van der Waals surface area contributed by atoms with Gasteiger partial charge in [0.05, 0.1) is 22.1 Å². The minimum Gasteiger partial charge on any atom is -0.507 e. The highest BCUT2D eigenvalue weighted by molar-refractivity contribution is 9.10. The lowest BCUT2D eigenvalue weighted by atomic mass is 10.3. The number of nitrogens with one attached hydrogen (secondary N) is 1. The van der Waals surface area contributed by atoms with E-state index in [9.17, 15) is 9.90 Å². The van der Waals surface area contributed by atoms with E-state index in [1.807, 2.05) is 0 Å². The predicted octanol–water partition coefficient (Wildman–Crippen LogP) is 5.02. The number of carbonyl (C=O) groups is 1. The lowest BCUT2D eigenvalue weighted by Crippen LogP contribution is -2.17. The molecular weight excluding hydrogens is 441 g/mol. The van der Waals surface area contributed by atoms with Gasteiger partial charge in [0.15, 0.2) is 5.75 Å². The summed E-state index contributed by atoms with van der Waals surface area (Å²) in [5.74, 6) is 0.368. The zero-order valence-corrected chi connectivity index (χ0v) is 16.2. The van der Waals surface area contributed by atoms with E-state index in [0.717, 1.165) is 16.4 Å². The van der Waals surface area contributed by atoms with Crippen LogP contribution in [0.4, 0.5) is 0 Å². The summed E-state index contributed by atoms with van der Waals surface area (Å²) in [7, 11) is 1.30. The first kappa shape index (κ1) is 19.2. The van der Waals surface area contributed by atoms with E-state index >= 15 is 0 Å². The fourth-order valence-corrected chi connectivity index (χ4v) is 3.61. The quantitative estimate of drug-likeness (QED) is 0.473. The first-order valence-electron chi connectivity index (χ1n) is 6.52. The molecule has 0 atom stereocenters. The topological polar surface area (TPSA) is 67.8 Å². The van der Waals surface area contributed by atoms with Crippen LogP contribution in [-0.2, 0) is 9.53 Å². The zero-order valence-electron chi connectivity index (χ0n) is 12.3. The maximum atomic E-state index is 11.1. The summed E-state index contributed by atoms with van der Waals surface area (Å²) < 4.78 is 13.8. The smallest absolute Gasteiger partial charge is 0.320 e. The minimum absolute atomic E-state index is 0.00391. The van der Waals surface area contributed by atoms with E-state index < -0.39 is 5.97 Å². The van der Waals surface area contributed by atoms with Crippen LogP contribution in [0.15, 0.2) is 39.7 Å². The molecule has 0 radical (unpaired) electrons. The number of hydrogen-bond acceptors (Lipinski definition) is 6. The van der Waals surface area contributed by atoms with Crippen molar-refractivity contribution in [3.63, 3.8) is 0 Å². The summed E-state index contributed by atoms with van der Waals surface area (Å²) in [6.45, 7) is -0.00391. The molecule has 128 valence electrons. The largest absolute Gasteiger partial charge is 0.507 e. The van der Waals surface area contributed by atoms with Gasteiger partial charge in [0, 0.05) is 4.47 Å². The van der Waals surface area contributed by atoms with E-state index in [1.165, 1.54) is 13.2 Å². The highest BCUT2D eigenvalue weighted by Gasteiger charge is 2.12. The molecule has 0 aromatic heterocycles. The summed E-state index contributed by atoms with van der Waals surface area (Å²) in [4.78, 5) is 11.6. The molecule has 0 fully saturated rings. The van der Waals surface area contributed by atoms with Crippen LogP contribution < -0.4 is 9.46 Å². The molecule has 0 bridgehead atoms. The van der Waals surface area contributed by atoms with Gasteiger partial charge < -0.3 is 14.6 Å². The molecule has 5 nitrogen and oxygen atoms in total. The number of phenolic OH excluding ortho intramolecular Hbond substituents is 1. The van der Waals surface area contributed by atoms with E-state index in [-0.39, 0.29) is 12.3 Å². The third-order valence-corrected chi connectivity index (χ3v) is 4.60. The van der Waals surface area contributed by atoms with E-state index in [0.29, 0.717) is 26.4 Å². The van der Waals surface area contributed by atoms with Crippen molar-refractivity contribution in [2.45, 2.75) is 4.90 Å². The molecule has 0 aliphatic rings. The standard InChI is InChI=1S/C15H12BrCl2NO4S/c1-22-14(21)7-19-24-13-6-9(2-3-12(13)20)23-15-10(17)4-8(16)5-11(15)18/h2-6,19-20H,7H2,1H3. The summed E-state index contributed by atoms with van der Waals surface area (Å²) in [5.41, 5.74) is 0. The molecule has 0 spiro atoms. The van der Waals surface area contributed by atoms with Crippen LogP contribution in [0.3, 0.4) is 0 Å². The zero-order chi connectivity index (χ0) is 17.7. The third kappa shape index (κ3) is 5.19. The van der Waals surface area contributed by atoms with Gasteiger partial charge in [0.1, 0.15) is 18.0 Å². The first-order chi connectivity index (χ1) is 11.4. The van der Waals surface area contributed by atoms with Crippen molar-refractivity contribution in [1.82, 2.24) is 4.72 Å². The Morgan fingerprint density at radius 3 is 2.58 bits per heavy atom. The number of hydrogen-bond donors (Lipinski definition) is 2. The molecule has 2 N–H and O–H groups in total. The molecule has 0 aliphatic heterocycles. The molecule has 9 heteroatoms. The molecule has 2 rings (SSSR count). The van der Waals surface area contributed by atoms with Crippen molar-refractivity contribution in [1.29, 1.82) is 0 Å². The van der Waals surface area contributed by atoms with E-state index in [2.05, 4.69) is 25.4 Å². The Kier molecular flexibility index (Phi) is 7.06. The summed E-state index contributed by atoms with van der Waals surface area (Å²) in [6, 6.07) is 7.97. The maximum Gasteiger partial charge on any atom is 0.320 e. The average molecular weight is 453 g/mol. The van der Waals surface area contributed by atoms with Gasteiger partial charge in [-0.2, -0.15) is 0 Å². The molecule has 2 aromatic carbocycles. The van der Waals surface area contributed by atoms with Gasteiger partial charge >= 0.3 is 5.97 Å². The van der Waals surface area contributed by atoms with Crippen molar-refractivity contribution < 1.29 is 19.4 Å². The molecule has 2 aromatic rings. The molecule has 24 heavy (non-hydrogen) atoms. The van der Waals surface area contributed by atoms with Gasteiger partial charge in [-0.3, -0.25) is 4.79 Å². The lowest BCUT2D eigenvalue weighted by molar-refractivity contribution is -0.139. The highest BCUT2D eigenvalue weighted by atomic mass is 79.9. The lowest BCUT2D eigenvalue weighted by Gasteiger charge is -2.12. The summed E-state index contributed by atoms with van der Waals surface area (Å²) in [6.07, 6.45) is 0. The molecule has 0 saturated carbocycles. The molecule has 0 aliphatic carbocycles. The Hall–Kier alpha value is -1.12. The van der Waals surface area contributed by atoms with Gasteiger partial charge in [0.25, 0.3) is 0 Å². The van der Waals surface area contributed by atoms with Crippen LogP contribution in [0.25, 0.3) is 0 Å². The van der Waals surface area contributed by atoms with Gasteiger partial charge in [-0.05, 0) is 42.3 Å². The Bertz CT molecular complexity index is 737. The molecule has 0 saturated heterocycles. The number of esters is 1. The normalized spacial score (nSPS) is 10.5. The second-order valence-corrected chi connectivity index (χ2v) is 7.09. The Labute approximate surface area is 161 Å². The number of phenols is 1. The van der Waals surface area contributed by atoms with Crippen molar-refractivity contribution in [2.75, 3.05) is 13.7 Å². The Morgan fingerprint density at radius 2 is 1.96 bits per heavy atom. The highest BCUT2D eigenvalue weighted by Crippen LogP contribution is 2.40. The third-order valence-electron chi connectivity index (χ3n) is 2.74. The van der Waals surface area contributed by atoms with Crippen LogP contribution in [0, 0.1) is 0 Å². The van der Waals surface area contributed by atoms with E-state index in [1.54, 1.807) is 24.3 Å². The minimum atomic E-state index is -0.414. The molecule has 0 amide bonds. The Morgan fingerprint density at radius 1 is 1.29 bits per heavy atom. The van der Waals surface area contributed by atoms with Crippen molar-refractivity contribution in [3.8, 4) is 17.2 Å². The first-order valence-corrected chi connectivity index (χ1v) is 8.89. The second kappa shape index (κ2) is 8.82. The maximum absolute atomic E-state index is 11.1. The number of halogens is 3. The fraction of sp³-hybridized carbons (Fsp3) is 0.133. The molecule has 0 heterocycles. The van der Waals surface area contributed by atoms with E-state index in [4.69, 9.17) is 27.9 Å². The predicted molar refractivity (Wildman–Crippen MR) is 98.2 cm³/mol. The second-order valence-electron chi connectivity index (χ2n) is 4.43. The molecule has 0 unspecified atom stereocenters. The van der Waals surface area contributed by atoms with Crippen LogP contribution in [0.2, 0.25) is 10.0 Å². The SMILES string of the molecule is COC(=O)CNSc1cc(Oc2c(Cl)cc(Br)cc2Cl)ccc1O. The summed E-state index contributed by atoms with van der Waals surface area (Å²) >= 11 is 16.6. The van der Waals surface area contributed by atoms with Crippen LogP contribution in [0.1, 0.15) is 0 Å². The Balaban J connectivity index is 2.15. The summed E-state index contributed by atoms with van der Waals surface area (Å²) in [5, 5.41) is 10.6. The van der Waals surface area contributed by atoms with Crippen LogP contribution in [-0.4, -0.2) is 24.7 Å². The van der Waals surface area contributed by atoms with Gasteiger partial charge in [-0.25, -0.2) is 4.72 Å². The monoisotopic (exact) mass is 451 g/mol. The van der Waals surface area contributed by atoms with Crippen molar-refractivity contribution in [2.24, 2.45) is 0 Å². The van der Waals surface area contributed by atoms with Crippen LogP contribution >= 0.6 is 51.1 Å². The molecular formula is C15H12BrCl2NO4S.